The molecule has 1 heterocycles. The van der Waals surface area contributed by atoms with Crippen molar-refractivity contribution in [3.8, 4) is 5.75 Å². The minimum Gasteiger partial charge on any atom is -0.484 e. The van der Waals surface area contributed by atoms with E-state index in [1.54, 1.807) is 30.5 Å². The second kappa shape index (κ2) is 9.36. The third-order valence-corrected chi connectivity index (χ3v) is 4.11. The van der Waals surface area contributed by atoms with Crippen LogP contribution in [0.4, 0.5) is 0 Å². The molecule has 0 saturated heterocycles. The van der Waals surface area contributed by atoms with Crippen LogP contribution in [0.15, 0.2) is 67.0 Å². The van der Waals surface area contributed by atoms with Crippen molar-refractivity contribution >= 4 is 11.8 Å². The van der Waals surface area contributed by atoms with Crippen molar-refractivity contribution in [1.29, 1.82) is 0 Å². The highest BCUT2D eigenvalue weighted by Crippen LogP contribution is 2.13. The molecule has 1 aromatic heterocycles. The van der Waals surface area contributed by atoms with E-state index in [4.69, 9.17) is 10.5 Å². The first kappa shape index (κ1) is 19.2. The summed E-state index contributed by atoms with van der Waals surface area (Å²) < 4.78 is 7.30. The Balaban J connectivity index is 1.53. The van der Waals surface area contributed by atoms with E-state index in [1.807, 2.05) is 24.4 Å². The summed E-state index contributed by atoms with van der Waals surface area (Å²) in [5.74, 6) is 0.541. The summed E-state index contributed by atoms with van der Waals surface area (Å²) in [4.78, 5) is 27.5. The second-order valence-corrected chi connectivity index (χ2v) is 6.25. The predicted molar refractivity (Wildman–Crippen MR) is 105 cm³/mol. The molecule has 3 rings (SSSR count). The summed E-state index contributed by atoms with van der Waals surface area (Å²) in [5.41, 5.74) is 6.71. The summed E-state index contributed by atoms with van der Waals surface area (Å²) in [7, 11) is 0. The van der Waals surface area contributed by atoms with Crippen LogP contribution in [0.1, 0.15) is 21.7 Å². The maximum Gasteiger partial charge on any atom is 0.255 e. The van der Waals surface area contributed by atoms with E-state index in [1.165, 1.54) is 5.56 Å². The van der Waals surface area contributed by atoms with Gasteiger partial charge in [0.2, 0.25) is 0 Å². The SMILES string of the molecule is NC(=O)COc1cccc(C(=O)NCCc2nccn2Cc2ccccc2)c1. The van der Waals surface area contributed by atoms with Crippen LogP contribution in [0.25, 0.3) is 0 Å². The number of aromatic nitrogens is 2. The van der Waals surface area contributed by atoms with Gasteiger partial charge in [0, 0.05) is 37.5 Å². The molecule has 0 radical (unpaired) electrons. The largest absolute Gasteiger partial charge is 0.484 e. The van der Waals surface area contributed by atoms with Crippen molar-refractivity contribution < 1.29 is 14.3 Å². The van der Waals surface area contributed by atoms with E-state index in [9.17, 15) is 9.59 Å². The van der Waals surface area contributed by atoms with Crippen molar-refractivity contribution in [2.75, 3.05) is 13.2 Å². The molecule has 0 bridgehead atoms. The molecule has 2 aromatic carbocycles. The van der Waals surface area contributed by atoms with Gasteiger partial charge in [-0.2, -0.15) is 0 Å². The lowest BCUT2D eigenvalue weighted by molar-refractivity contribution is -0.119. The Kier molecular flexibility index (Phi) is 6.41. The highest BCUT2D eigenvalue weighted by atomic mass is 16.5. The lowest BCUT2D eigenvalue weighted by atomic mass is 10.2. The van der Waals surface area contributed by atoms with E-state index in [0.717, 1.165) is 12.4 Å². The third-order valence-electron chi connectivity index (χ3n) is 4.11. The number of nitrogens with two attached hydrogens (primary N) is 1. The maximum absolute atomic E-state index is 12.4. The number of benzene rings is 2. The number of nitrogens with one attached hydrogen (secondary N) is 1. The van der Waals surface area contributed by atoms with Gasteiger partial charge in [0.05, 0.1) is 0 Å². The van der Waals surface area contributed by atoms with E-state index in [0.29, 0.717) is 24.3 Å². The van der Waals surface area contributed by atoms with E-state index < -0.39 is 5.91 Å². The third kappa shape index (κ3) is 5.44. The van der Waals surface area contributed by atoms with Gasteiger partial charge in [-0.05, 0) is 23.8 Å². The summed E-state index contributed by atoms with van der Waals surface area (Å²) in [6, 6.07) is 16.8. The van der Waals surface area contributed by atoms with Crippen molar-refractivity contribution in [2.24, 2.45) is 5.73 Å². The van der Waals surface area contributed by atoms with E-state index in [2.05, 4.69) is 27.0 Å². The highest BCUT2D eigenvalue weighted by Gasteiger charge is 2.09. The number of ether oxygens (including phenoxy) is 1. The number of amides is 2. The Hall–Kier alpha value is -3.61. The van der Waals surface area contributed by atoms with Crippen molar-refractivity contribution in [3.05, 3.63) is 83.9 Å². The standard InChI is InChI=1S/C21H22N4O3/c22-19(26)15-28-18-8-4-7-17(13-18)21(27)24-10-9-20-23-11-12-25(20)14-16-5-2-1-3-6-16/h1-8,11-13H,9-10,14-15H2,(H2,22,26)(H,24,27). The number of carbonyl (C=O) groups excluding carboxylic acids is 2. The molecule has 0 fully saturated rings. The van der Waals surface area contributed by atoms with Gasteiger partial charge in [-0.1, -0.05) is 36.4 Å². The number of carbonyl (C=O) groups is 2. The monoisotopic (exact) mass is 378 g/mol. The molecule has 0 unspecified atom stereocenters. The molecule has 0 aliphatic heterocycles. The lowest BCUT2D eigenvalue weighted by Gasteiger charge is -2.10. The number of rotatable bonds is 9. The Morgan fingerprint density at radius 3 is 2.71 bits per heavy atom. The van der Waals surface area contributed by atoms with Gasteiger partial charge in [0.1, 0.15) is 11.6 Å². The molecule has 7 heteroatoms. The molecule has 3 N–H and O–H groups in total. The van der Waals surface area contributed by atoms with Crippen LogP contribution in [-0.4, -0.2) is 34.5 Å². The molecule has 3 aromatic rings. The zero-order valence-electron chi connectivity index (χ0n) is 15.4. The normalized spacial score (nSPS) is 10.4. The van der Waals surface area contributed by atoms with Gasteiger partial charge in [-0.3, -0.25) is 9.59 Å². The van der Waals surface area contributed by atoms with E-state index >= 15 is 0 Å². The fraction of sp³-hybridized carbons (Fsp3) is 0.190. The van der Waals surface area contributed by atoms with Gasteiger partial charge in [0.15, 0.2) is 6.61 Å². The number of hydrogen-bond donors (Lipinski definition) is 2. The topological polar surface area (TPSA) is 99.2 Å². The first-order valence-electron chi connectivity index (χ1n) is 8.95. The van der Waals surface area contributed by atoms with Crippen LogP contribution < -0.4 is 15.8 Å². The summed E-state index contributed by atoms with van der Waals surface area (Å²) in [6.07, 6.45) is 4.31. The summed E-state index contributed by atoms with van der Waals surface area (Å²) in [6.45, 7) is 0.968. The smallest absolute Gasteiger partial charge is 0.255 e. The Bertz CT molecular complexity index is 938. The van der Waals surface area contributed by atoms with Crippen LogP contribution in [0.2, 0.25) is 0 Å². The molecule has 0 saturated carbocycles. The van der Waals surface area contributed by atoms with Crippen molar-refractivity contribution in [1.82, 2.24) is 14.9 Å². The van der Waals surface area contributed by atoms with Crippen LogP contribution in [0.5, 0.6) is 5.75 Å². The quantitative estimate of drug-likeness (QED) is 0.593. The summed E-state index contributed by atoms with van der Waals surface area (Å²) in [5, 5.41) is 2.88. The fourth-order valence-electron chi connectivity index (χ4n) is 2.76. The minimum absolute atomic E-state index is 0.217. The van der Waals surface area contributed by atoms with Crippen LogP contribution in [-0.2, 0) is 17.8 Å². The highest BCUT2D eigenvalue weighted by molar-refractivity contribution is 5.94. The predicted octanol–water partition coefficient (Wildman–Crippen LogP) is 1.77. The number of hydrogen-bond acceptors (Lipinski definition) is 4. The van der Waals surface area contributed by atoms with Gasteiger partial charge in [-0.15, -0.1) is 0 Å². The van der Waals surface area contributed by atoms with Gasteiger partial charge >= 0.3 is 0 Å². The van der Waals surface area contributed by atoms with Crippen LogP contribution in [0.3, 0.4) is 0 Å². The summed E-state index contributed by atoms with van der Waals surface area (Å²) >= 11 is 0. The molecule has 28 heavy (non-hydrogen) atoms. The average Bonchev–Trinajstić information content (AvgIpc) is 3.14. The fourth-order valence-corrected chi connectivity index (χ4v) is 2.76. The zero-order chi connectivity index (χ0) is 19.8. The van der Waals surface area contributed by atoms with Gasteiger partial charge < -0.3 is 20.4 Å². The van der Waals surface area contributed by atoms with Crippen LogP contribution in [0, 0.1) is 0 Å². The first-order valence-corrected chi connectivity index (χ1v) is 8.95. The molecule has 0 aliphatic rings. The number of nitrogens with zero attached hydrogens (tertiary/aromatic N) is 2. The Morgan fingerprint density at radius 2 is 1.93 bits per heavy atom. The molecular formula is C21H22N4O3. The minimum atomic E-state index is -0.569. The maximum atomic E-state index is 12.4. The van der Waals surface area contributed by atoms with E-state index in [-0.39, 0.29) is 12.5 Å². The molecule has 7 nitrogen and oxygen atoms in total. The second-order valence-electron chi connectivity index (χ2n) is 6.25. The van der Waals surface area contributed by atoms with Crippen LogP contribution >= 0.6 is 0 Å². The first-order chi connectivity index (χ1) is 13.6. The van der Waals surface area contributed by atoms with Gasteiger partial charge in [-0.25, -0.2) is 4.98 Å². The molecule has 2 amide bonds. The van der Waals surface area contributed by atoms with Crippen molar-refractivity contribution in [3.63, 3.8) is 0 Å². The molecule has 0 atom stereocenters. The number of imidazole rings is 1. The Morgan fingerprint density at radius 1 is 1.11 bits per heavy atom. The van der Waals surface area contributed by atoms with Crippen molar-refractivity contribution in [2.45, 2.75) is 13.0 Å². The number of primary amides is 1. The zero-order valence-corrected chi connectivity index (χ0v) is 15.4. The molecule has 144 valence electrons. The Labute approximate surface area is 163 Å². The van der Waals surface area contributed by atoms with Gasteiger partial charge in [0.25, 0.3) is 11.8 Å². The molecule has 0 spiro atoms. The average molecular weight is 378 g/mol. The molecule has 0 aliphatic carbocycles. The molecular weight excluding hydrogens is 356 g/mol. The lowest BCUT2D eigenvalue weighted by Crippen LogP contribution is -2.26.